The number of para-hydroxylation sites is 1. The summed E-state index contributed by atoms with van der Waals surface area (Å²) in [7, 11) is 1.67. The van der Waals surface area contributed by atoms with Crippen molar-refractivity contribution < 1.29 is 14.3 Å². The lowest BCUT2D eigenvalue weighted by molar-refractivity contribution is 0.0186. The number of guanidine groups is 1. The number of methoxy groups -OCH3 is 1. The third-order valence-corrected chi connectivity index (χ3v) is 4.10. The molecule has 0 atom stereocenters. The van der Waals surface area contributed by atoms with Crippen LogP contribution in [0, 0.1) is 0 Å². The molecule has 1 aliphatic heterocycles. The van der Waals surface area contributed by atoms with Crippen LogP contribution in [-0.2, 0) is 11.2 Å². The Labute approximate surface area is 178 Å². The number of ether oxygens (including phenoxy) is 2. The number of rotatable bonds is 4. The van der Waals surface area contributed by atoms with E-state index in [9.17, 15) is 4.79 Å². The number of nitrogens with two attached hydrogens (primary N) is 1. The van der Waals surface area contributed by atoms with Gasteiger partial charge in [-0.05, 0) is 38.8 Å². The number of halogens is 1. The van der Waals surface area contributed by atoms with Crippen molar-refractivity contribution >= 4 is 36.0 Å². The van der Waals surface area contributed by atoms with E-state index in [1.54, 1.807) is 12.0 Å². The molecule has 1 saturated heterocycles. The largest absolute Gasteiger partial charge is 0.496 e. The first kappa shape index (κ1) is 23.3. The number of hydrogen-bond donors (Lipinski definition) is 1. The molecule has 1 aromatic carbocycles. The average Bonchev–Trinajstić information content (AvgIpc) is 2.60. The van der Waals surface area contributed by atoms with Gasteiger partial charge in [0.05, 0.1) is 7.11 Å². The van der Waals surface area contributed by atoms with Gasteiger partial charge in [-0.3, -0.25) is 4.99 Å². The molecule has 0 radical (unpaired) electrons. The predicted octanol–water partition coefficient (Wildman–Crippen LogP) is 2.72. The first-order chi connectivity index (χ1) is 12.3. The summed E-state index contributed by atoms with van der Waals surface area (Å²) in [6.45, 7) is 8.68. The normalized spacial score (nSPS) is 15.2. The van der Waals surface area contributed by atoms with E-state index in [4.69, 9.17) is 15.2 Å². The second kappa shape index (κ2) is 10.6. The van der Waals surface area contributed by atoms with E-state index in [-0.39, 0.29) is 30.1 Å². The highest BCUT2D eigenvalue weighted by molar-refractivity contribution is 14.0. The summed E-state index contributed by atoms with van der Waals surface area (Å²) in [6.07, 6.45) is 0.492. The molecule has 7 nitrogen and oxygen atoms in total. The zero-order valence-electron chi connectivity index (χ0n) is 16.6. The summed E-state index contributed by atoms with van der Waals surface area (Å²) in [5, 5.41) is 0. The van der Waals surface area contributed by atoms with Crippen LogP contribution in [0.15, 0.2) is 29.3 Å². The quantitative estimate of drug-likeness (QED) is 0.399. The monoisotopic (exact) mass is 490 g/mol. The lowest BCUT2D eigenvalue weighted by Crippen LogP contribution is -2.53. The Hall–Kier alpha value is -1.71. The van der Waals surface area contributed by atoms with Crippen molar-refractivity contribution in [2.24, 2.45) is 10.7 Å². The smallest absolute Gasteiger partial charge is 0.410 e. The second-order valence-electron chi connectivity index (χ2n) is 7.26. The Morgan fingerprint density at radius 1 is 1.15 bits per heavy atom. The third kappa shape index (κ3) is 7.43. The van der Waals surface area contributed by atoms with E-state index in [0.29, 0.717) is 38.7 Å². The zero-order chi connectivity index (χ0) is 19.2. The molecule has 0 spiro atoms. The van der Waals surface area contributed by atoms with Gasteiger partial charge in [0.2, 0.25) is 0 Å². The first-order valence-electron chi connectivity index (χ1n) is 8.95. The lowest BCUT2D eigenvalue weighted by Gasteiger charge is -2.36. The SMILES string of the molecule is COc1ccccc1CCN=C(N)N1CCN(C(=O)OC(C)(C)C)CC1.I. The molecule has 0 aliphatic carbocycles. The summed E-state index contributed by atoms with van der Waals surface area (Å²) < 4.78 is 10.8. The van der Waals surface area contributed by atoms with Gasteiger partial charge < -0.3 is 25.0 Å². The molecule has 27 heavy (non-hydrogen) atoms. The van der Waals surface area contributed by atoms with Crippen LogP contribution >= 0.6 is 24.0 Å². The summed E-state index contributed by atoms with van der Waals surface area (Å²) in [5.74, 6) is 1.39. The van der Waals surface area contributed by atoms with E-state index in [2.05, 4.69) is 4.99 Å². The van der Waals surface area contributed by atoms with Gasteiger partial charge in [-0.25, -0.2) is 4.79 Å². The van der Waals surface area contributed by atoms with Gasteiger partial charge in [0.25, 0.3) is 0 Å². The third-order valence-electron chi connectivity index (χ3n) is 4.10. The summed E-state index contributed by atoms with van der Waals surface area (Å²) >= 11 is 0. The van der Waals surface area contributed by atoms with Gasteiger partial charge in [0.15, 0.2) is 5.96 Å². The maximum atomic E-state index is 12.1. The highest BCUT2D eigenvalue weighted by Gasteiger charge is 2.26. The molecule has 1 fully saturated rings. The predicted molar refractivity (Wildman–Crippen MR) is 118 cm³/mol. The zero-order valence-corrected chi connectivity index (χ0v) is 18.9. The fraction of sp³-hybridized carbons (Fsp3) is 0.579. The van der Waals surface area contributed by atoms with Crippen molar-refractivity contribution in [3.05, 3.63) is 29.8 Å². The van der Waals surface area contributed by atoms with Crippen molar-refractivity contribution in [2.45, 2.75) is 32.8 Å². The Morgan fingerprint density at radius 2 is 1.74 bits per heavy atom. The molecule has 2 N–H and O–H groups in total. The second-order valence-corrected chi connectivity index (χ2v) is 7.26. The van der Waals surface area contributed by atoms with Crippen LogP contribution in [0.5, 0.6) is 5.75 Å². The number of carbonyl (C=O) groups excluding carboxylic acids is 1. The Balaban J connectivity index is 0.00000364. The van der Waals surface area contributed by atoms with E-state index >= 15 is 0 Å². The Morgan fingerprint density at radius 3 is 2.33 bits per heavy atom. The lowest BCUT2D eigenvalue weighted by atomic mass is 10.1. The number of benzene rings is 1. The Bertz CT molecular complexity index is 638. The minimum absolute atomic E-state index is 0. The number of hydrogen-bond acceptors (Lipinski definition) is 4. The van der Waals surface area contributed by atoms with Crippen molar-refractivity contribution in [3.8, 4) is 5.75 Å². The molecule has 1 heterocycles. The van der Waals surface area contributed by atoms with Crippen molar-refractivity contribution in [1.82, 2.24) is 9.80 Å². The van der Waals surface area contributed by atoms with Crippen molar-refractivity contribution in [1.29, 1.82) is 0 Å². The van der Waals surface area contributed by atoms with Crippen LogP contribution in [0.3, 0.4) is 0 Å². The minimum Gasteiger partial charge on any atom is -0.496 e. The molecule has 0 bridgehead atoms. The first-order valence-corrected chi connectivity index (χ1v) is 8.95. The highest BCUT2D eigenvalue weighted by Crippen LogP contribution is 2.17. The van der Waals surface area contributed by atoms with Gasteiger partial charge in [-0.15, -0.1) is 24.0 Å². The minimum atomic E-state index is -0.479. The molecule has 1 aliphatic rings. The van der Waals surface area contributed by atoms with Crippen LogP contribution < -0.4 is 10.5 Å². The van der Waals surface area contributed by atoms with Gasteiger partial charge >= 0.3 is 6.09 Å². The Kier molecular flexibility index (Phi) is 9.14. The van der Waals surface area contributed by atoms with Crippen LogP contribution in [0.1, 0.15) is 26.3 Å². The summed E-state index contributed by atoms with van der Waals surface area (Å²) in [5.41, 5.74) is 6.75. The molecular weight excluding hydrogens is 459 g/mol. The number of amides is 1. The van der Waals surface area contributed by atoms with Gasteiger partial charge in [-0.1, -0.05) is 18.2 Å². The molecule has 2 rings (SSSR count). The molecular formula is C19H31IN4O3. The maximum absolute atomic E-state index is 12.1. The van der Waals surface area contributed by atoms with Gasteiger partial charge in [0, 0.05) is 32.7 Å². The van der Waals surface area contributed by atoms with Crippen LogP contribution in [0.25, 0.3) is 0 Å². The highest BCUT2D eigenvalue weighted by atomic mass is 127. The van der Waals surface area contributed by atoms with E-state index in [0.717, 1.165) is 17.7 Å². The molecule has 0 saturated carbocycles. The van der Waals surface area contributed by atoms with Crippen molar-refractivity contribution in [2.75, 3.05) is 39.8 Å². The summed E-state index contributed by atoms with van der Waals surface area (Å²) in [4.78, 5) is 20.3. The molecule has 152 valence electrons. The van der Waals surface area contributed by atoms with Gasteiger partial charge in [0.1, 0.15) is 11.4 Å². The average molecular weight is 490 g/mol. The van der Waals surface area contributed by atoms with Crippen LogP contribution in [-0.4, -0.2) is 67.3 Å². The van der Waals surface area contributed by atoms with E-state index < -0.39 is 5.60 Å². The van der Waals surface area contributed by atoms with Crippen LogP contribution in [0.2, 0.25) is 0 Å². The van der Waals surface area contributed by atoms with Gasteiger partial charge in [-0.2, -0.15) is 0 Å². The number of nitrogens with zero attached hydrogens (tertiary/aromatic N) is 3. The van der Waals surface area contributed by atoms with E-state index in [1.807, 2.05) is 49.9 Å². The van der Waals surface area contributed by atoms with Crippen LogP contribution in [0.4, 0.5) is 4.79 Å². The standard InChI is InChI=1S/C19H30N4O3.HI/c1-19(2,3)26-18(24)23-13-11-22(12-14-23)17(20)21-10-9-15-7-5-6-8-16(15)25-4;/h5-8H,9-14H2,1-4H3,(H2,20,21);1H. The van der Waals surface area contributed by atoms with E-state index in [1.165, 1.54) is 0 Å². The fourth-order valence-corrected chi connectivity index (χ4v) is 2.75. The molecule has 1 aromatic rings. The molecule has 8 heteroatoms. The summed E-state index contributed by atoms with van der Waals surface area (Å²) in [6, 6.07) is 7.91. The molecule has 0 aromatic heterocycles. The van der Waals surface area contributed by atoms with Crippen molar-refractivity contribution in [3.63, 3.8) is 0 Å². The fourth-order valence-electron chi connectivity index (χ4n) is 2.75. The maximum Gasteiger partial charge on any atom is 0.410 e. The topological polar surface area (TPSA) is 80.4 Å². The number of aliphatic imine (C=N–C) groups is 1. The molecule has 1 amide bonds. The number of piperazine rings is 1. The number of carbonyl (C=O) groups is 1. The molecule has 0 unspecified atom stereocenters.